The molecule has 0 spiro atoms. The van der Waals surface area contributed by atoms with E-state index in [0.717, 1.165) is 42.8 Å². The fraction of sp³-hybridized carbons (Fsp3) is 0.400. The number of nitrogens with zero attached hydrogens (tertiary/aromatic N) is 1. The highest BCUT2D eigenvalue weighted by Crippen LogP contribution is 2.27. The second-order valence-electron chi connectivity index (χ2n) is 6.93. The van der Waals surface area contributed by atoms with E-state index in [2.05, 4.69) is 22.5 Å². The first-order valence-electron chi connectivity index (χ1n) is 8.68. The molecule has 0 unspecified atom stereocenters. The Kier molecular flexibility index (Phi) is 9.03. The first kappa shape index (κ1) is 23.2. The van der Waals surface area contributed by atoms with E-state index in [0.29, 0.717) is 12.1 Å². The number of methoxy groups -OCH3 is 1. The van der Waals surface area contributed by atoms with Crippen LogP contribution >= 0.6 is 24.8 Å². The molecule has 27 heavy (non-hydrogen) atoms. The second kappa shape index (κ2) is 10.5. The van der Waals surface area contributed by atoms with Crippen molar-refractivity contribution in [3.63, 3.8) is 0 Å². The zero-order valence-corrected chi connectivity index (χ0v) is 17.3. The third kappa shape index (κ3) is 6.09. The lowest BCUT2D eigenvalue weighted by Crippen LogP contribution is -2.42. The van der Waals surface area contributed by atoms with E-state index >= 15 is 0 Å². The van der Waals surface area contributed by atoms with E-state index in [1.165, 1.54) is 0 Å². The number of amides is 1. The number of aromatic nitrogens is 1. The number of benzene rings is 1. The topological polar surface area (TPSA) is 63.2 Å². The van der Waals surface area contributed by atoms with Gasteiger partial charge in [0.2, 0.25) is 0 Å². The lowest BCUT2D eigenvalue weighted by Gasteiger charge is -2.34. The van der Waals surface area contributed by atoms with Crippen LogP contribution in [0.15, 0.2) is 42.7 Å². The standard InChI is InChI=1S/C20H25N3O2.2ClH/c1-20(7-9-21-10-8-20)14-23-19(24)17-11-16(12-22-13-17)15-3-5-18(25-2)6-4-15;;/h3-6,11-13,21H,7-10,14H2,1-2H3,(H,23,24);2*1H. The highest BCUT2D eigenvalue weighted by Gasteiger charge is 2.27. The van der Waals surface area contributed by atoms with E-state index in [1.807, 2.05) is 30.3 Å². The molecular weight excluding hydrogens is 385 g/mol. The average molecular weight is 412 g/mol. The van der Waals surface area contributed by atoms with E-state index in [4.69, 9.17) is 4.74 Å². The Morgan fingerprint density at radius 3 is 2.44 bits per heavy atom. The van der Waals surface area contributed by atoms with Gasteiger partial charge in [-0.1, -0.05) is 19.1 Å². The molecule has 1 aromatic carbocycles. The van der Waals surface area contributed by atoms with Gasteiger partial charge >= 0.3 is 0 Å². The smallest absolute Gasteiger partial charge is 0.252 e. The Bertz CT molecular complexity index is 732. The Balaban J connectivity index is 0.00000182. The summed E-state index contributed by atoms with van der Waals surface area (Å²) in [4.78, 5) is 16.8. The van der Waals surface area contributed by atoms with Crippen LogP contribution in [0.2, 0.25) is 0 Å². The fourth-order valence-corrected chi connectivity index (χ4v) is 3.11. The summed E-state index contributed by atoms with van der Waals surface area (Å²) in [6.45, 7) is 4.96. The molecule has 7 heteroatoms. The Morgan fingerprint density at radius 2 is 1.81 bits per heavy atom. The van der Waals surface area contributed by atoms with Crippen LogP contribution in [0.1, 0.15) is 30.1 Å². The van der Waals surface area contributed by atoms with Gasteiger partial charge in [-0.05, 0) is 55.1 Å². The number of rotatable bonds is 5. The van der Waals surface area contributed by atoms with Crippen LogP contribution in [0.25, 0.3) is 11.1 Å². The molecule has 2 N–H and O–H groups in total. The lowest BCUT2D eigenvalue weighted by molar-refractivity contribution is 0.0922. The zero-order valence-electron chi connectivity index (χ0n) is 15.7. The first-order chi connectivity index (χ1) is 12.1. The minimum absolute atomic E-state index is 0. The fourth-order valence-electron chi connectivity index (χ4n) is 3.11. The second-order valence-corrected chi connectivity index (χ2v) is 6.93. The minimum atomic E-state index is -0.0670. The van der Waals surface area contributed by atoms with Crippen molar-refractivity contribution in [1.29, 1.82) is 0 Å². The summed E-state index contributed by atoms with van der Waals surface area (Å²) < 4.78 is 5.18. The van der Waals surface area contributed by atoms with Crippen LogP contribution in [-0.2, 0) is 0 Å². The first-order valence-corrected chi connectivity index (χ1v) is 8.68. The molecule has 1 saturated heterocycles. The number of carbonyl (C=O) groups is 1. The number of ether oxygens (including phenoxy) is 1. The van der Waals surface area contributed by atoms with Crippen LogP contribution in [-0.4, -0.2) is 37.6 Å². The van der Waals surface area contributed by atoms with E-state index in [-0.39, 0.29) is 36.1 Å². The molecule has 1 fully saturated rings. The van der Waals surface area contributed by atoms with Gasteiger partial charge in [0.15, 0.2) is 0 Å². The monoisotopic (exact) mass is 411 g/mol. The molecule has 0 atom stereocenters. The van der Waals surface area contributed by atoms with Crippen LogP contribution in [0.3, 0.4) is 0 Å². The van der Waals surface area contributed by atoms with Gasteiger partial charge in [0.1, 0.15) is 5.75 Å². The number of pyridine rings is 1. The van der Waals surface area contributed by atoms with Crippen LogP contribution in [0.4, 0.5) is 0 Å². The number of hydrogen-bond donors (Lipinski definition) is 2. The molecule has 1 aliphatic heterocycles. The molecule has 1 aliphatic rings. The molecule has 148 valence electrons. The SMILES string of the molecule is COc1ccc(-c2cncc(C(=O)NCC3(C)CCNCC3)c2)cc1.Cl.Cl. The van der Waals surface area contributed by atoms with Crippen molar-refractivity contribution in [1.82, 2.24) is 15.6 Å². The minimum Gasteiger partial charge on any atom is -0.497 e. The largest absolute Gasteiger partial charge is 0.497 e. The van der Waals surface area contributed by atoms with Gasteiger partial charge in [-0.25, -0.2) is 0 Å². The van der Waals surface area contributed by atoms with Crippen LogP contribution in [0, 0.1) is 5.41 Å². The Hall–Kier alpha value is -1.82. The van der Waals surface area contributed by atoms with Crippen molar-refractivity contribution in [2.24, 2.45) is 5.41 Å². The van der Waals surface area contributed by atoms with E-state index < -0.39 is 0 Å². The number of piperidine rings is 1. The highest BCUT2D eigenvalue weighted by atomic mass is 35.5. The van der Waals surface area contributed by atoms with Gasteiger partial charge in [-0.2, -0.15) is 0 Å². The van der Waals surface area contributed by atoms with Crippen molar-refractivity contribution < 1.29 is 9.53 Å². The molecular formula is C20H27Cl2N3O2. The quantitative estimate of drug-likeness (QED) is 0.786. The zero-order chi connectivity index (χ0) is 17.7. The summed E-state index contributed by atoms with van der Waals surface area (Å²) >= 11 is 0. The molecule has 0 radical (unpaired) electrons. The molecule has 1 aromatic heterocycles. The van der Waals surface area contributed by atoms with Crippen molar-refractivity contribution in [2.75, 3.05) is 26.7 Å². The third-order valence-electron chi connectivity index (χ3n) is 4.91. The normalized spacial score (nSPS) is 15.0. The van der Waals surface area contributed by atoms with Crippen molar-refractivity contribution in [2.45, 2.75) is 19.8 Å². The maximum absolute atomic E-state index is 12.5. The molecule has 0 saturated carbocycles. The molecule has 5 nitrogen and oxygen atoms in total. The molecule has 1 amide bonds. The lowest BCUT2D eigenvalue weighted by atomic mass is 9.81. The summed E-state index contributed by atoms with van der Waals surface area (Å²) in [7, 11) is 1.64. The molecule has 0 aliphatic carbocycles. The van der Waals surface area contributed by atoms with Gasteiger partial charge in [0, 0.05) is 24.5 Å². The van der Waals surface area contributed by atoms with Gasteiger partial charge in [0.25, 0.3) is 5.91 Å². The number of hydrogen-bond acceptors (Lipinski definition) is 4. The molecule has 2 aromatic rings. The predicted octanol–water partition coefficient (Wildman–Crippen LogP) is 3.72. The highest BCUT2D eigenvalue weighted by molar-refractivity contribution is 5.95. The van der Waals surface area contributed by atoms with Gasteiger partial charge in [0.05, 0.1) is 12.7 Å². The van der Waals surface area contributed by atoms with Crippen LogP contribution < -0.4 is 15.4 Å². The number of carbonyl (C=O) groups excluding carboxylic acids is 1. The Labute approximate surface area is 173 Å². The molecule has 0 bridgehead atoms. The predicted molar refractivity (Wildman–Crippen MR) is 113 cm³/mol. The Morgan fingerprint density at radius 1 is 1.15 bits per heavy atom. The summed E-state index contributed by atoms with van der Waals surface area (Å²) in [6, 6.07) is 9.62. The van der Waals surface area contributed by atoms with Crippen molar-refractivity contribution in [3.8, 4) is 16.9 Å². The summed E-state index contributed by atoms with van der Waals surface area (Å²) in [6.07, 6.45) is 5.55. The van der Waals surface area contributed by atoms with E-state index in [1.54, 1.807) is 19.5 Å². The molecule has 3 rings (SSSR count). The number of halogens is 2. The summed E-state index contributed by atoms with van der Waals surface area (Å²) in [5.41, 5.74) is 2.68. The maximum Gasteiger partial charge on any atom is 0.252 e. The maximum atomic E-state index is 12.5. The van der Waals surface area contributed by atoms with Gasteiger partial charge < -0.3 is 15.4 Å². The third-order valence-corrected chi connectivity index (χ3v) is 4.91. The van der Waals surface area contributed by atoms with E-state index in [9.17, 15) is 4.79 Å². The summed E-state index contributed by atoms with van der Waals surface area (Å²) in [5, 5.41) is 6.44. The van der Waals surface area contributed by atoms with Crippen LogP contribution in [0.5, 0.6) is 5.75 Å². The molecule has 2 heterocycles. The number of nitrogens with one attached hydrogen (secondary N) is 2. The summed E-state index contributed by atoms with van der Waals surface area (Å²) in [5.74, 6) is 0.739. The van der Waals surface area contributed by atoms with Gasteiger partial charge in [-0.3, -0.25) is 9.78 Å². The average Bonchev–Trinajstić information content (AvgIpc) is 2.67. The van der Waals surface area contributed by atoms with Crippen molar-refractivity contribution in [3.05, 3.63) is 48.3 Å². The van der Waals surface area contributed by atoms with Crippen molar-refractivity contribution >= 4 is 30.7 Å². The van der Waals surface area contributed by atoms with Gasteiger partial charge in [-0.15, -0.1) is 24.8 Å².